The van der Waals surface area contributed by atoms with E-state index in [0.717, 1.165) is 17.7 Å². The Labute approximate surface area is 145 Å². The quantitative estimate of drug-likeness (QED) is 0.926. The van der Waals surface area contributed by atoms with Gasteiger partial charge in [0.15, 0.2) is 6.61 Å². The Morgan fingerprint density at radius 3 is 2.67 bits per heavy atom. The van der Waals surface area contributed by atoms with Crippen molar-refractivity contribution in [3.8, 4) is 5.75 Å². The third-order valence-corrected chi connectivity index (χ3v) is 4.08. The lowest BCUT2D eigenvalue weighted by Crippen LogP contribution is -2.26. The number of anilines is 2. The number of nitrogens with one attached hydrogen (secondary N) is 1. The van der Waals surface area contributed by atoms with Gasteiger partial charge in [-0.1, -0.05) is 17.7 Å². The Morgan fingerprint density at radius 1 is 1.21 bits per heavy atom. The van der Waals surface area contributed by atoms with Crippen molar-refractivity contribution in [3.63, 3.8) is 0 Å². The van der Waals surface area contributed by atoms with Crippen LogP contribution in [0.4, 0.5) is 11.4 Å². The van der Waals surface area contributed by atoms with E-state index in [9.17, 15) is 9.59 Å². The van der Waals surface area contributed by atoms with Crippen LogP contribution in [0.25, 0.3) is 0 Å². The largest absolute Gasteiger partial charge is 0.484 e. The Balaban J connectivity index is 1.62. The highest BCUT2D eigenvalue weighted by Crippen LogP contribution is 2.30. The summed E-state index contributed by atoms with van der Waals surface area (Å²) in [5.74, 6) is 0.312. The summed E-state index contributed by atoms with van der Waals surface area (Å²) in [4.78, 5) is 25.4. The van der Waals surface area contributed by atoms with E-state index in [1.54, 1.807) is 36.1 Å². The fraction of sp³-hybridized carbons (Fsp3) is 0.222. The van der Waals surface area contributed by atoms with E-state index in [0.29, 0.717) is 23.0 Å². The van der Waals surface area contributed by atoms with Crippen molar-refractivity contribution >= 4 is 34.8 Å². The monoisotopic (exact) mass is 344 g/mol. The van der Waals surface area contributed by atoms with Crippen LogP contribution in [0, 0.1) is 0 Å². The molecule has 0 radical (unpaired) electrons. The molecule has 1 aliphatic rings. The first kappa shape index (κ1) is 16.3. The van der Waals surface area contributed by atoms with Crippen LogP contribution >= 0.6 is 11.6 Å². The van der Waals surface area contributed by atoms with Gasteiger partial charge in [-0.25, -0.2) is 0 Å². The summed E-state index contributed by atoms with van der Waals surface area (Å²) in [7, 11) is 0. The maximum Gasteiger partial charge on any atom is 0.262 e. The maximum absolute atomic E-state index is 12.0. The number of carbonyl (C=O) groups is 2. The van der Waals surface area contributed by atoms with E-state index < -0.39 is 0 Å². The number of hydrogen-bond acceptors (Lipinski definition) is 3. The molecule has 1 heterocycles. The van der Waals surface area contributed by atoms with Crippen molar-refractivity contribution in [1.29, 1.82) is 0 Å². The van der Waals surface area contributed by atoms with Gasteiger partial charge in [0.05, 0.1) is 0 Å². The average molecular weight is 345 g/mol. The Morgan fingerprint density at radius 2 is 1.96 bits per heavy atom. The third kappa shape index (κ3) is 3.68. The fourth-order valence-corrected chi connectivity index (χ4v) is 2.79. The van der Waals surface area contributed by atoms with Crippen molar-refractivity contribution in [2.45, 2.75) is 13.3 Å². The van der Waals surface area contributed by atoms with Gasteiger partial charge < -0.3 is 15.0 Å². The summed E-state index contributed by atoms with van der Waals surface area (Å²) in [6.45, 7) is 2.12. The van der Waals surface area contributed by atoms with Gasteiger partial charge in [-0.15, -0.1) is 0 Å². The molecule has 0 atom stereocenters. The number of fused-ring (bicyclic) bond motifs is 1. The lowest BCUT2D eigenvalue weighted by molar-refractivity contribution is -0.118. The maximum atomic E-state index is 12.0. The second-order valence-electron chi connectivity index (χ2n) is 5.55. The van der Waals surface area contributed by atoms with Crippen LogP contribution in [-0.2, 0) is 16.0 Å². The summed E-state index contributed by atoms with van der Waals surface area (Å²) in [5, 5.41) is 3.40. The molecule has 0 saturated heterocycles. The fourth-order valence-electron chi connectivity index (χ4n) is 2.66. The summed E-state index contributed by atoms with van der Waals surface area (Å²) in [6.07, 6.45) is 0.836. The number of nitrogens with zero attached hydrogens (tertiary/aromatic N) is 1. The zero-order valence-corrected chi connectivity index (χ0v) is 14.0. The predicted molar refractivity (Wildman–Crippen MR) is 93.7 cm³/mol. The molecule has 1 aliphatic heterocycles. The van der Waals surface area contributed by atoms with E-state index in [-0.39, 0.29) is 18.4 Å². The number of benzene rings is 2. The van der Waals surface area contributed by atoms with Crippen LogP contribution in [0.1, 0.15) is 12.5 Å². The highest BCUT2D eigenvalue weighted by Gasteiger charge is 2.22. The van der Waals surface area contributed by atoms with E-state index in [2.05, 4.69) is 5.32 Å². The first-order valence-electron chi connectivity index (χ1n) is 7.62. The molecular weight excluding hydrogens is 328 g/mol. The topological polar surface area (TPSA) is 58.6 Å². The summed E-state index contributed by atoms with van der Waals surface area (Å²) < 4.78 is 5.41. The first-order chi connectivity index (χ1) is 11.5. The van der Waals surface area contributed by atoms with Crippen LogP contribution in [0.3, 0.4) is 0 Å². The van der Waals surface area contributed by atoms with Gasteiger partial charge in [0.2, 0.25) is 5.91 Å². The smallest absolute Gasteiger partial charge is 0.262 e. The van der Waals surface area contributed by atoms with Crippen LogP contribution < -0.4 is 15.0 Å². The molecule has 124 valence electrons. The van der Waals surface area contributed by atoms with Gasteiger partial charge in [-0.2, -0.15) is 0 Å². The molecule has 3 rings (SSSR count). The highest BCUT2D eigenvalue weighted by atomic mass is 35.5. The van der Waals surface area contributed by atoms with Gasteiger partial charge >= 0.3 is 0 Å². The van der Waals surface area contributed by atoms with E-state index in [4.69, 9.17) is 16.3 Å². The molecule has 0 aliphatic carbocycles. The van der Waals surface area contributed by atoms with Gasteiger partial charge in [0.1, 0.15) is 5.75 Å². The molecule has 2 aromatic rings. The molecule has 0 saturated carbocycles. The predicted octanol–water partition coefficient (Wildman–Crippen LogP) is 3.27. The number of rotatable bonds is 4. The Kier molecular flexibility index (Phi) is 4.71. The van der Waals surface area contributed by atoms with Gasteiger partial charge in [0.25, 0.3) is 5.91 Å². The number of amides is 2. The van der Waals surface area contributed by atoms with E-state index in [1.165, 1.54) is 0 Å². The van der Waals surface area contributed by atoms with E-state index >= 15 is 0 Å². The van der Waals surface area contributed by atoms with Crippen molar-refractivity contribution in [3.05, 3.63) is 53.1 Å². The molecule has 0 unspecified atom stereocenters. The SMILES string of the molecule is CC(=O)N1CCc2ccc(NC(=O)COc3ccc(Cl)cc3)cc21. The second-order valence-corrected chi connectivity index (χ2v) is 5.99. The molecule has 1 N–H and O–H groups in total. The lowest BCUT2D eigenvalue weighted by Gasteiger charge is -2.16. The van der Waals surface area contributed by atoms with Crippen LogP contribution in [0.2, 0.25) is 5.02 Å². The van der Waals surface area contributed by atoms with Crippen LogP contribution in [0.15, 0.2) is 42.5 Å². The minimum absolute atomic E-state index is 0.00305. The first-order valence-corrected chi connectivity index (χ1v) is 8.00. The normalized spacial score (nSPS) is 12.7. The van der Waals surface area contributed by atoms with Crippen molar-refractivity contribution in [1.82, 2.24) is 0 Å². The summed E-state index contributed by atoms with van der Waals surface area (Å²) in [6, 6.07) is 12.4. The molecule has 24 heavy (non-hydrogen) atoms. The number of carbonyl (C=O) groups excluding carboxylic acids is 2. The zero-order chi connectivity index (χ0) is 17.1. The average Bonchev–Trinajstić information content (AvgIpc) is 2.98. The molecule has 0 spiro atoms. The van der Waals surface area contributed by atoms with Gasteiger partial charge in [-0.05, 0) is 48.4 Å². The number of hydrogen-bond donors (Lipinski definition) is 1. The van der Waals surface area contributed by atoms with Crippen LogP contribution in [0.5, 0.6) is 5.75 Å². The minimum Gasteiger partial charge on any atom is -0.484 e. The molecule has 0 bridgehead atoms. The van der Waals surface area contributed by atoms with Crippen molar-refractivity contribution in [2.24, 2.45) is 0 Å². The molecule has 2 aromatic carbocycles. The highest BCUT2D eigenvalue weighted by molar-refractivity contribution is 6.30. The Hall–Kier alpha value is -2.53. The Bertz CT molecular complexity index is 774. The molecule has 2 amide bonds. The molecule has 0 aromatic heterocycles. The molecule has 0 fully saturated rings. The number of halogens is 1. The summed E-state index contributed by atoms with van der Waals surface area (Å²) >= 11 is 5.80. The molecule has 5 nitrogen and oxygen atoms in total. The zero-order valence-electron chi connectivity index (χ0n) is 13.2. The van der Waals surface area contributed by atoms with E-state index in [1.807, 2.05) is 18.2 Å². The van der Waals surface area contributed by atoms with Crippen molar-refractivity contribution < 1.29 is 14.3 Å². The molecular formula is C18H17ClN2O3. The standard InChI is InChI=1S/C18H17ClN2O3/c1-12(22)21-9-8-13-2-5-15(10-17(13)21)20-18(23)11-24-16-6-3-14(19)4-7-16/h2-7,10H,8-9,11H2,1H3,(H,20,23). The second kappa shape index (κ2) is 6.93. The van der Waals surface area contributed by atoms with Gasteiger partial charge in [0, 0.05) is 29.9 Å². The number of ether oxygens (including phenoxy) is 1. The third-order valence-electron chi connectivity index (χ3n) is 3.83. The molecule has 6 heteroatoms. The van der Waals surface area contributed by atoms with Crippen molar-refractivity contribution in [2.75, 3.05) is 23.4 Å². The van der Waals surface area contributed by atoms with Gasteiger partial charge in [-0.3, -0.25) is 9.59 Å². The lowest BCUT2D eigenvalue weighted by atomic mass is 10.1. The minimum atomic E-state index is -0.266. The van der Waals surface area contributed by atoms with Crippen LogP contribution in [-0.4, -0.2) is 25.0 Å². The summed E-state index contributed by atoms with van der Waals surface area (Å²) in [5.41, 5.74) is 2.62.